The summed E-state index contributed by atoms with van der Waals surface area (Å²) in [4.78, 5) is 12.9. The molecule has 1 atom stereocenters. The highest BCUT2D eigenvalue weighted by molar-refractivity contribution is 6.37. The number of aliphatic imine (C=N–C) groups is 1. The number of benzene rings is 1. The summed E-state index contributed by atoms with van der Waals surface area (Å²) in [7, 11) is 0. The molecule has 0 N–H and O–H groups in total. The maximum Gasteiger partial charge on any atom is 0.417 e. The van der Waals surface area contributed by atoms with Crippen molar-refractivity contribution in [3.8, 4) is 5.69 Å². The average Bonchev–Trinajstić information content (AvgIpc) is 2.96. The molecule has 0 saturated carbocycles. The van der Waals surface area contributed by atoms with Crippen molar-refractivity contribution in [2.24, 2.45) is 4.99 Å². The lowest BCUT2D eigenvalue weighted by molar-refractivity contribution is -0.137. The maximum atomic E-state index is 14.5. The smallest absolute Gasteiger partial charge is 0.301 e. The van der Waals surface area contributed by atoms with Crippen LogP contribution in [0.25, 0.3) is 5.69 Å². The Kier molecular flexibility index (Phi) is 4.26. The van der Waals surface area contributed by atoms with E-state index in [1.165, 1.54) is 24.4 Å². The van der Waals surface area contributed by atoms with E-state index in [1.807, 2.05) is 0 Å². The summed E-state index contributed by atoms with van der Waals surface area (Å²) in [5.74, 6) is -0.190. The molecule has 144 valence electrons. The van der Waals surface area contributed by atoms with Gasteiger partial charge in [0.1, 0.15) is 17.6 Å². The summed E-state index contributed by atoms with van der Waals surface area (Å²) >= 11 is 6.22. The van der Waals surface area contributed by atoms with Crippen LogP contribution in [0.5, 0.6) is 0 Å². The number of fused-ring (bicyclic) bond motifs is 3. The summed E-state index contributed by atoms with van der Waals surface area (Å²) < 4.78 is 56.5. The van der Waals surface area contributed by atoms with Gasteiger partial charge in [-0.25, -0.2) is 9.37 Å². The zero-order valence-electron chi connectivity index (χ0n) is 14.7. The monoisotopic (exact) mass is 408 g/mol. The minimum Gasteiger partial charge on any atom is -0.301 e. The number of hydrogen-bond donors (Lipinski definition) is 0. The first kappa shape index (κ1) is 18.6. The van der Waals surface area contributed by atoms with Gasteiger partial charge in [-0.1, -0.05) is 11.6 Å². The summed E-state index contributed by atoms with van der Waals surface area (Å²) in [5, 5.41) is -0.555. The van der Waals surface area contributed by atoms with Crippen LogP contribution in [-0.2, 0) is 6.18 Å². The van der Waals surface area contributed by atoms with Crippen LogP contribution in [0.4, 0.5) is 17.6 Å². The van der Waals surface area contributed by atoms with E-state index >= 15 is 0 Å². The topological polar surface area (TPSA) is 43.1 Å². The molecule has 4 nitrogen and oxygen atoms in total. The van der Waals surface area contributed by atoms with Gasteiger partial charge < -0.3 is 4.57 Å². The third-order valence-electron chi connectivity index (χ3n) is 4.45. The molecule has 0 fully saturated rings. The molecule has 0 amide bonds. The van der Waals surface area contributed by atoms with Crippen LogP contribution in [0.3, 0.4) is 0 Å². The fraction of sp³-hybridized carbons (Fsp3) is 0.211. The number of hydrogen-bond acceptors (Lipinski definition) is 3. The first-order chi connectivity index (χ1) is 13.2. The van der Waals surface area contributed by atoms with Gasteiger partial charge in [0.25, 0.3) is 0 Å². The molecular weight excluding hydrogens is 396 g/mol. The van der Waals surface area contributed by atoms with Gasteiger partial charge in [0.2, 0.25) is 0 Å². The van der Waals surface area contributed by atoms with E-state index < -0.39 is 28.6 Å². The van der Waals surface area contributed by atoms with Crippen LogP contribution in [0.15, 0.2) is 41.7 Å². The lowest BCUT2D eigenvalue weighted by Crippen LogP contribution is -2.15. The van der Waals surface area contributed by atoms with Gasteiger partial charge in [0.05, 0.1) is 27.7 Å². The van der Waals surface area contributed by atoms with Gasteiger partial charge in [-0.15, -0.1) is 0 Å². The molecular formula is C19H13ClF4N4. The van der Waals surface area contributed by atoms with E-state index in [4.69, 9.17) is 11.6 Å². The van der Waals surface area contributed by atoms with Crippen molar-refractivity contribution < 1.29 is 17.6 Å². The molecule has 0 spiro atoms. The van der Waals surface area contributed by atoms with Crippen LogP contribution >= 0.6 is 11.6 Å². The van der Waals surface area contributed by atoms with Crippen molar-refractivity contribution >= 4 is 17.3 Å². The Bertz CT molecular complexity index is 1120. The predicted octanol–water partition coefficient (Wildman–Crippen LogP) is 5.30. The largest absolute Gasteiger partial charge is 0.417 e. The number of imidazole rings is 1. The molecule has 0 bridgehead atoms. The molecule has 28 heavy (non-hydrogen) atoms. The third-order valence-corrected chi connectivity index (χ3v) is 4.85. The van der Waals surface area contributed by atoms with Crippen LogP contribution in [-0.4, -0.2) is 20.2 Å². The van der Waals surface area contributed by atoms with Crippen molar-refractivity contribution in [1.82, 2.24) is 14.5 Å². The number of aryl methyl sites for hydroxylation is 1. The van der Waals surface area contributed by atoms with Gasteiger partial charge >= 0.3 is 6.18 Å². The van der Waals surface area contributed by atoms with E-state index in [2.05, 4.69) is 15.0 Å². The number of alkyl halides is 3. The zero-order chi connectivity index (χ0) is 20.2. The second-order valence-electron chi connectivity index (χ2n) is 6.42. The Morgan fingerprint density at radius 2 is 1.93 bits per heavy atom. The van der Waals surface area contributed by atoms with Gasteiger partial charge in [-0.3, -0.25) is 9.98 Å². The first-order valence-corrected chi connectivity index (χ1v) is 8.71. The van der Waals surface area contributed by atoms with Crippen molar-refractivity contribution in [3.63, 3.8) is 0 Å². The number of halogens is 5. The summed E-state index contributed by atoms with van der Waals surface area (Å²) in [6.07, 6.45) is -1.65. The van der Waals surface area contributed by atoms with E-state index in [0.29, 0.717) is 17.2 Å². The minimum atomic E-state index is -4.68. The number of nitrogens with zero attached hydrogens (tertiary/aromatic N) is 4. The fourth-order valence-corrected chi connectivity index (χ4v) is 3.63. The molecule has 1 aliphatic heterocycles. The second kappa shape index (κ2) is 6.41. The van der Waals surface area contributed by atoms with Crippen molar-refractivity contribution in [2.75, 3.05) is 0 Å². The van der Waals surface area contributed by atoms with Gasteiger partial charge in [-0.05, 0) is 38.1 Å². The highest BCUT2D eigenvalue weighted by atomic mass is 35.5. The fourth-order valence-electron chi connectivity index (χ4n) is 3.27. The predicted molar refractivity (Wildman–Crippen MR) is 96.6 cm³/mol. The average molecular weight is 409 g/mol. The highest BCUT2D eigenvalue weighted by Gasteiger charge is 2.37. The number of aromatic nitrogens is 3. The second-order valence-corrected chi connectivity index (χ2v) is 6.79. The summed E-state index contributed by atoms with van der Waals surface area (Å²) in [5.41, 5.74) is -0.255. The molecule has 2 aromatic heterocycles. The van der Waals surface area contributed by atoms with E-state index in [0.717, 1.165) is 6.07 Å². The van der Waals surface area contributed by atoms with Gasteiger partial charge in [0, 0.05) is 18.0 Å². The Balaban J connectivity index is 2.11. The summed E-state index contributed by atoms with van der Waals surface area (Å²) in [6.45, 7) is 3.49. The Morgan fingerprint density at radius 1 is 1.18 bits per heavy atom. The van der Waals surface area contributed by atoms with Crippen LogP contribution in [0, 0.1) is 12.7 Å². The van der Waals surface area contributed by atoms with Crippen LogP contribution in [0.2, 0.25) is 5.02 Å². The maximum absolute atomic E-state index is 14.5. The van der Waals surface area contributed by atoms with E-state index in [-0.39, 0.29) is 17.0 Å². The zero-order valence-corrected chi connectivity index (χ0v) is 15.5. The lowest BCUT2D eigenvalue weighted by atomic mass is 10.0. The highest BCUT2D eigenvalue weighted by Crippen LogP contribution is 2.41. The molecule has 3 aromatic rings. The minimum absolute atomic E-state index is 0.0305. The van der Waals surface area contributed by atoms with E-state index in [1.54, 1.807) is 24.6 Å². The molecule has 3 heterocycles. The Labute approximate surface area is 162 Å². The van der Waals surface area contributed by atoms with E-state index in [9.17, 15) is 17.6 Å². The first-order valence-electron chi connectivity index (χ1n) is 8.33. The van der Waals surface area contributed by atoms with Crippen LogP contribution in [0.1, 0.15) is 41.3 Å². The lowest BCUT2D eigenvalue weighted by Gasteiger charge is -2.17. The SMILES string of the molecule is Cc1cn2c(n1)[C@H](C)N=C(c1ncccc1F)c1c-2ccc(C(F)(F)F)c1Cl. The Hall–Kier alpha value is -2.74. The Morgan fingerprint density at radius 3 is 2.61 bits per heavy atom. The molecule has 1 aliphatic rings. The number of pyridine rings is 1. The quantitative estimate of drug-likeness (QED) is 0.513. The molecule has 1 aromatic carbocycles. The molecule has 0 radical (unpaired) electrons. The molecule has 0 unspecified atom stereocenters. The summed E-state index contributed by atoms with van der Waals surface area (Å²) in [6, 6.07) is 4.21. The van der Waals surface area contributed by atoms with Gasteiger partial charge in [0.15, 0.2) is 5.82 Å². The normalized spacial score (nSPS) is 16.2. The standard InChI is InChI=1S/C19H13ClF4N4/c1-9-8-28-13-6-5-11(19(22,23)24)15(20)14(13)17(27-10(2)18(28)26-9)16-12(21)4-3-7-25-16/h3-8,10H,1-2H3/t10-/m0/s1. The molecule has 0 saturated heterocycles. The van der Waals surface area contributed by atoms with Crippen molar-refractivity contribution in [3.05, 3.63) is 75.8 Å². The van der Waals surface area contributed by atoms with Crippen molar-refractivity contribution in [1.29, 1.82) is 0 Å². The molecule has 9 heteroatoms. The molecule has 4 rings (SSSR count). The number of rotatable bonds is 1. The molecule has 0 aliphatic carbocycles. The van der Waals surface area contributed by atoms with Crippen LogP contribution < -0.4 is 0 Å². The third kappa shape index (κ3) is 2.88. The van der Waals surface area contributed by atoms with Crippen molar-refractivity contribution in [2.45, 2.75) is 26.1 Å². The van der Waals surface area contributed by atoms with Gasteiger partial charge in [-0.2, -0.15) is 13.2 Å².